The van der Waals surface area contributed by atoms with Gasteiger partial charge in [0, 0.05) is 45.8 Å². The van der Waals surface area contributed by atoms with Gasteiger partial charge in [-0.1, -0.05) is 0 Å². The van der Waals surface area contributed by atoms with Crippen molar-refractivity contribution < 1.29 is 8.42 Å². The SMILES string of the molecule is CS(=O)(=O)N1CCCC(CN(CCN)CCN)C1. The fourth-order valence-corrected chi connectivity index (χ4v) is 3.44. The van der Waals surface area contributed by atoms with E-state index >= 15 is 0 Å². The van der Waals surface area contributed by atoms with E-state index in [1.54, 1.807) is 4.31 Å². The molecule has 1 saturated heterocycles. The van der Waals surface area contributed by atoms with E-state index in [0.29, 0.717) is 32.1 Å². The molecule has 0 saturated carbocycles. The van der Waals surface area contributed by atoms with Crippen LogP contribution in [0.25, 0.3) is 0 Å². The van der Waals surface area contributed by atoms with Crippen LogP contribution in [0.5, 0.6) is 0 Å². The zero-order valence-corrected chi connectivity index (χ0v) is 12.0. The first-order valence-corrected chi connectivity index (χ1v) is 8.39. The van der Waals surface area contributed by atoms with Crippen LogP contribution in [0.3, 0.4) is 0 Å². The van der Waals surface area contributed by atoms with Gasteiger partial charge in [0.05, 0.1) is 6.26 Å². The van der Waals surface area contributed by atoms with Crippen LogP contribution in [0.2, 0.25) is 0 Å². The van der Waals surface area contributed by atoms with Crippen LogP contribution >= 0.6 is 0 Å². The van der Waals surface area contributed by atoms with Crippen molar-refractivity contribution in [2.75, 3.05) is 52.1 Å². The summed E-state index contributed by atoms with van der Waals surface area (Å²) in [6, 6.07) is 0. The van der Waals surface area contributed by atoms with Crippen LogP contribution in [0.4, 0.5) is 0 Å². The predicted octanol–water partition coefficient (Wildman–Crippen LogP) is -1.12. The van der Waals surface area contributed by atoms with Gasteiger partial charge < -0.3 is 16.4 Å². The molecule has 0 bridgehead atoms. The molecule has 18 heavy (non-hydrogen) atoms. The van der Waals surface area contributed by atoms with E-state index in [-0.39, 0.29) is 0 Å². The van der Waals surface area contributed by atoms with E-state index in [9.17, 15) is 8.42 Å². The fourth-order valence-electron chi connectivity index (χ4n) is 2.50. The van der Waals surface area contributed by atoms with Crippen molar-refractivity contribution >= 4 is 10.0 Å². The summed E-state index contributed by atoms with van der Waals surface area (Å²) in [6.45, 7) is 5.05. The molecule has 1 aliphatic rings. The molecule has 6 nitrogen and oxygen atoms in total. The molecule has 0 aromatic heterocycles. The van der Waals surface area contributed by atoms with Gasteiger partial charge in [-0.25, -0.2) is 12.7 Å². The number of hydrogen-bond donors (Lipinski definition) is 2. The van der Waals surface area contributed by atoms with Gasteiger partial charge in [-0.2, -0.15) is 0 Å². The number of sulfonamides is 1. The molecule has 0 aromatic carbocycles. The topological polar surface area (TPSA) is 92.7 Å². The minimum absolute atomic E-state index is 0.395. The van der Waals surface area contributed by atoms with E-state index in [2.05, 4.69) is 4.90 Å². The monoisotopic (exact) mass is 278 g/mol. The zero-order chi connectivity index (χ0) is 13.6. The lowest BCUT2D eigenvalue weighted by Gasteiger charge is -2.34. The number of piperidine rings is 1. The van der Waals surface area contributed by atoms with Gasteiger partial charge in [0.15, 0.2) is 0 Å². The van der Waals surface area contributed by atoms with Gasteiger partial charge in [0.2, 0.25) is 10.0 Å². The predicted molar refractivity (Wildman–Crippen MR) is 73.7 cm³/mol. The Labute approximate surface area is 110 Å². The minimum atomic E-state index is -3.05. The van der Waals surface area contributed by atoms with Crippen LogP contribution in [-0.4, -0.2) is 69.7 Å². The second kappa shape index (κ2) is 7.40. The third-order valence-electron chi connectivity index (χ3n) is 3.36. The van der Waals surface area contributed by atoms with E-state index in [0.717, 1.165) is 32.5 Å². The highest BCUT2D eigenvalue weighted by atomic mass is 32.2. The molecule has 4 N–H and O–H groups in total. The van der Waals surface area contributed by atoms with Gasteiger partial charge in [-0.15, -0.1) is 0 Å². The summed E-state index contributed by atoms with van der Waals surface area (Å²) in [4.78, 5) is 2.23. The summed E-state index contributed by atoms with van der Waals surface area (Å²) in [5.41, 5.74) is 11.1. The molecule has 1 atom stereocenters. The van der Waals surface area contributed by atoms with Crippen molar-refractivity contribution in [2.24, 2.45) is 17.4 Å². The van der Waals surface area contributed by atoms with Crippen LogP contribution in [0, 0.1) is 5.92 Å². The van der Waals surface area contributed by atoms with Gasteiger partial charge in [0.25, 0.3) is 0 Å². The molecule has 1 fully saturated rings. The fraction of sp³-hybridized carbons (Fsp3) is 1.00. The van der Waals surface area contributed by atoms with Crippen molar-refractivity contribution in [3.63, 3.8) is 0 Å². The number of nitrogens with zero attached hydrogens (tertiary/aromatic N) is 2. The van der Waals surface area contributed by atoms with Crippen molar-refractivity contribution in [3.8, 4) is 0 Å². The first-order valence-electron chi connectivity index (χ1n) is 6.55. The van der Waals surface area contributed by atoms with Crippen molar-refractivity contribution in [3.05, 3.63) is 0 Å². The Balaban J connectivity index is 2.50. The molecular weight excluding hydrogens is 252 g/mol. The second-order valence-electron chi connectivity index (χ2n) is 5.01. The first-order chi connectivity index (χ1) is 8.47. The van der Waals surface area contributed by atoms with E-state index < -0.39 is 10.0 Å². The number of nitrogens with two attached hydrogens (primary N) is 2. The Hall–Kier alpha value is -0.210. The number of rotatable bonds is 7. The third-order valence-corrected chi connectivity index (χ3v) is 4.63. The Kier molecular flexibility index (Phi) is 6.51. The molecule has 108 valence electrons. The molecule has 0 aromatic rings. The summed E-state index contributed by atoms with van der Waals surface area (Å²) >= 11 is 0. The Bertz CT molecular complexity index is 328. The molecule has 0 radical (unpaired) electrons. The quantitative estimate of drug-likeness (QED) is 0.615. The minimum Gasteiger partial charge on any atom is -0.329 e. The second-order valence-corrected chi connectivity index (χ2v) is 6.99. The van der Waals surface area contributed by atoms with Gasteiger partial charge in [-0.3, -0.25) is 0 Å². The average molecular weight is 278 g/mol. The molecular formula is C11H26N4O2S. The maximum Gasteiger partial charge on any atom is 0.211 e. The zero-order valence-electron chi connectivity index (χ0n) is 11.2. The van der Waals surface area contributed by atoms with Gasteiger partial charge in [-0.05, 0) is 18.8 Å². The normalized spacial score (nSPS) is 22.6. The summed E-state index contributed by atoms with van der Waals surface area (Å²) in [5.74, 6) is 0.395. The highest BCUT2D eigenvalue weighted by Crippen LogP contribution is 2.19. The third kappa shape index (κ3) is 5.19. The van der Waals surface area contributed by atoms with Crippen LogP contribution in [0.1, 0.15) is 12.8 Å². The molecule has 1 rings (SSSR count). The summed E-state index contributed by atoms with van der Waals surface area (Å²) in [6.07, 6.45) is 3.31. The largest absolute Gasteiger partial charge is 0.329 e. The Morgan fingerprint density at radius 1 is 1.28 bits per heavy atom. The van der Waals surface area contributed by atoms with Crippen LogP contribution < -0.4 is 11.5 Å². The molecule has 1 unspecified atom stereocenters. The molecule has 0 amide bonds. The average Bonchev–Trinajstić information content (AvgIpc) is 2.29. The van der Waals surface area contributed by atoms with Crippen molar-refractivity contribution in [1.29, 1.82) is 0 Å². The summed E-state index contributed by atoms with van der Waals surface area (Å²) in [7, 11) is -3.05. The molecule has 1 aliphatic heterocycles. The number of hydrogen-bond acceptors (Lipinski definition) is 5. The molecule has 0 aliphatic carbocycles. The molecule has 1 heterocycles. The van der Waals surface area contributed by atoms with Crippen LogP contribution in [-0.2, 0) is 10.0 Å². The Morgan fingerprint density at radius 3 is 2.39 bits per heavy atom. The Morgan fingerprint density at radius 2 is 1.89 bits per heavy atom. The first kappa shape index (κ1) is 15.8. The summed E-state index contributed by atoms with van der Waals surface area (Å²) in [5, 5.41) is 0. The lowest BCUT2D eigenvalue weighted by molar-refractivity contribution is 0.184. The van der Waals surface area contributed by atoms with Gasteiger partial charge in [0.1, 0.15) is 0 Å². The van der Waals surface area contributed by atoms with E-state index in [1.165, 1.54) is 6.26 Å². The molecule has 7 heteroatoms. The van der Waals surface area contributed by atoms with Crippen molar-refractivity contribution in [1.82, 2.24) is 9.21 Å². The highest BCUT2D eigenvalue weighted by Gasteiger charge is 2.26. The standard InChI is InChI=1S/C11H26N4O2S/c1-18(16,17)15-6-2-3-11(10-15)9-14(7-4-12)8-5-13/h11H,2-10,12-13H2,1H3. The van der Waals surface area contributed by atoms with E-state index in [1.807, 2.05) is 0 Å². The lowest BCUT2D eigenvalue weighted by Crippen LogP contribution is -2.45. The molecule has 0 spiro atoms. The van der Waals surface area contributed by atoms with Gasteiger partial charge >= 0.3 is 0 Å². The van der Waals surface area contributed by atoms with Crippen LogP contribution in [0.15, 0.2) is 0 Å². The maximum absolute atomic E-state index is 11.5. The van der Waals surface area contributed by atoms with E-state index in [4.69, 9.17) is 11.5 Å². The van der Waals surface area contributed by atoms with Crippen molar-refractivity contribution in [2.45, 2.75) is 12.8 Å². The summed E-state index contributed by atoms with van der Waals surface area (Å²) < 4.78 is 24.7. The lowest BCUT2D eigenvalue weighted by atomic mass is 9.99. The highest BCUT2D eigenvalue weighted by molar-refractivity contribution is 7.88. The maximum atomic E-state index is 11.5. The smallest absolute Gasteiger partial charge is 0.211 e.